The Kier molecular flexibility index (Phi) is 14.5. The highest BCUT2D eigenvalue weighted by Gasteiger charge is 2.02. The molecule has 0 radical (unpaired) electrons. The molecule has 0 aliphatic heterocycles. The summed E-state index contributed by atoms with van der Waals surface area (Å²) in [7, 11) is 0. The van der Waals surface area contributed by atoms with Crippen molar-refractivity contribution >= 4 is 59.0 Å². The van der Waals surface area contributed by atoms with Crippen molar-refractivity contribution in [3.05, 3.63) is 22.3 Å². The van der Waals surface area contributed by atoms with Gasteiger partial charge in [0.1, 0.15) is 5.82 Å². The van der Waals surface area contributed by atoms with Crippen LogP contribution in [0.1, 0.15) is 20.3 Å². The molecule has 0 amide bonds. The molecule has 9 heteroatoms. The molecular weight excluding hydrogens is 464 g/mol. The van der Waals surface area contributed by atoms with Gasteiger partial charge in [0.15, 0.2) is 5.96 Å². The Bertz CT molecular complexity index is 491. The Balaban J connectivity index is 0.00000529. The van der Waals surface area contributed by atoms with Crippen LogP contribution in [0.15, 0.2) is 17.3 Å². The zero-order chi connectivity index (χ0) is 16.9. The number of pyridine rings is 1. The minimum absolute atomic E-state index is 0. The van der Waals surface area contributed by atoms with Crippen LogP contribution >= 0.6 is 47.2 Å². The summed E-state index contributed by atoms with van der Waals surface area (Å²) in [4.78, 5) is 8.63. The number of aromatic nitrogens is 1. The van der Waals surface area contributed by atoms with Crippen LogP contribution in [0.25, 0.3) is 0 Å². The van der Waals surface area contributed by atoms with Gasteiger partial charge in [0.2, 0.25) is 0 Å². The van der Waals surface area contributed by atoms with Crippen LogP contribution in [-0.2, 0) is 4.74 Å². The van der Waals surface area contributed by atoms with Crippen molar-refractivity contribution in [3.8, 4) is 0 Å². The maximum absolute atomic E-state index is 6.05. The first-order valence-electron chi connectivity index (χ1n) is 7.82. The fraction of sp³-hybridized carbons (Fsp3) is 0.600. The largest absolute Gasteiger partial charge is 0.382 e. The summed E-state index contributed by atoms with van der Waals surface area (Å²) in [6.45, 7) is 8.41. The van der Waals surface area contributed by atoms with Gasteiger partial charge in [0, 0.05) is 45.6 Å². The molecule has 138 valence electrons. The number of hydrogen-bond acceptors (Lipinski definition) is 4. The van der Waals surface area contributed by atoms with Crippen LogP contribution in [0, 0.1) is 0 Å². The molecule has 1 rings (SSSR count). The van der Waals surface area contributed by atoms with Gasteiger partial charge in [0.05, 0.1) is 10.0 Å². The number of guanidine groups is 1. The van der Waals surface area contributed by atoms with E-state index in [-0.39, 0.29) is 24.0 Å². The number of nitrogens with one attached hydrogen (secondary N) is 3. The lowest BCUT2D eigenvalue weighted by molar-refractivity contribution is 0.146. The maximum atomic E-state index is 6.05. The molecule has 1 heterocycles. The van der Waals surface area contributed by atoms with Gasteiger partial charge in [0.25, 0.3) is 0 Å². The molecule has 0 aromatic carbocycles. The van der Waals surface area contributed by atoms with E-state index in [1.807, 2.05) is 13.8 Å². The summed E-state index contributed by atoms with van der Waals surface area (Å²) in [6.07, 6.45) is 2.47. The quantitative estimate of drug-likeness (QED) is 0.203. The second-order valence-corrected chi connectivity index (χ2v) is 5.49. The van der Waals surface area contributed by atoms with Crippen molar-refractivity contribution in [3.63, 3.8) is 0 Å². The third kappa shape index (κ3) is 10.4. The maximum Gasteiger partial charge on any atom is 0.191 e. The smallest absolute Gasteiger partial charge is 0.191 e. The SMILES string of the molecule is CCNC(=NCCCOCC)NCCNc1ncc(Cl)cc1Cl.I. The number of halogens is 3. The molecule has 0 spiro atoms. The van der Waals surface area contributed by atoms with Gasteiger partial charge in [-0.1, -0.05) is 23.2 Å². The summed E-state index contributed by atoms with van der Waals surface area (Å²) in [6, 6.07) is 1.66. The normalized spacial score (nSPS) is 10.9. The first-order valence-corrected chi connectivity index (χ1v) is 8.57. The second-order valence-electron chi connectivity index (χ2n) is 4.65. The molecule has 0 saturated heterocycles. The van der Waals surface area contributed by atoms with E-state index in [1.165, 1.54) is 0 Å². The number of nitrogens with zero attached hydrogens (tertiary/aromatic N) is 2. The van der Waals surface area contributed by atoms with Crippen molar-refractivity contribution < 1.29 is 4.74 Å². The molecule has 0 fully saturated rings. The van der Waals surface area contributed by atoms with Crippen LogP contribution in [0.4, 0.5) is 5.82 Å². The number of ether oxygens (including phenoxy) is 1. The molecule has 1 aromatic heterocycles. The zero-order valence-electron chi connectivity index (χ0n) is 14.1. The highest BCUT2D eigenvalue weighted by atomic mass is 127. The highest BCUT2D eigenvalue weighted by molar-refractivity contribution is 14.0. The molecule has 6 nitrogen and oxygen atoms in total. The zero-order valence-corrected chi connectivity index (χ0v) is 17.9. The molecule has 0 bridgehead atoms. The van der Waals surface area contributed by atoms with Gasteiger partial charge < -0.3 is 20.7 Å². The molecule has 0 saturated carbocycles. The monoisotopic (exact) mass is 489 g/mol. The van der Waals surface area contributed by atoms with Crippen molar-refractivity contribution in [2.24, 2.45) is 4.99 Å². The van der Waals surface area contributed by atoms with Gasteiger partial charge >= 0.3 is 0 Å². The fourth-order valence-electron chi connectivity index (χ4n) is 1.75. The van der Waals surface area contributed by atoms with Crippen molar-refractivity contribution in [1.29, 1.82) is 0 Å². The van der Waals surface area contributed by atoms with Crippen molar-refractivity contribution in [2.75, 3.05) is 44.7 Å². The first kappa shape index (κ1) is 23.5. The topological polar surface area (TPSA) is 70.6 Å². The Morgan fingerprint density at radius 1 is 1.25 bits per heavy atom. The fourth-order valence-corrected chi connectivity index (χ4v) is 2.20. The average Bonchev–Trinajstić information content (AvgIpc) is 2.52. The summed E-state index contributed by atoms with van der Waals surface area (Å²) in [5, 5.41) is 10.6. The number of rotatable bonds is 10. The number of hydrogen-bond donors (Lipinski definition) is 3. The lowest BCUT2D eigenvalue weighted by Gasteiger charge is -2.12. The Hall–Kier alpha value is -0.510. The van der Waals surface area contributed by atoms with Gasteiger partial charge in [-0.25, -0.2) is 4.98 Å². The summed E-state index contributed by atoms with van der Waals surface area (Å²) in [5.41, 5.74) is 0. The molecular formula is C15H26Cl2IN5O. The molecule has 1 aromatic rings. The average molecular weight is 490 g/mol. The van der Waals surface area contributed by atoms with E-state index in [1.54, 1.807) is 12.3 Å². The molecule has 0 aliphatic carbocycles. The summed E-state index contributed by atoms with van der Waals surface area (Å²) in [5.74, 6) is 1.41. The lowest BCUT2D eigenvalue weighted by Crippen LogP contribution is -2.39. The standard InChI is InChI=1S/C15H25Cl2N5O.HI/c1-3-18-15(20-6-5-9-23-4-2)21-8-7-19-14-13(17)10-12(16)11-22-14;/h10-11H,3-9H2,1-2H3,(H,19,22)(H2,18,20,21);1H. The minimum atomic E-state index is 0. The van der Waals surface area contributed by atoms with Crippen molar-refractivity contribution in [2.45, 2.75) is 20.3 Å². The molecule has 0 atom stereocenters. The summed E-state index contributed by atoms with van der Waals surface area (Å²) >= 11 is 11.9. The van der Waals surface area contributed by atoms with E-state index in [0.717, 1.165) is 38.7 Å². The second kappa shape index (κ2) is 14.8. The number of anilines is 1. The van der Waals surface area contributed by atoms with E-state index in [4.69, 9.17) is 27.9 Å². The Labute approximate surface area is 171 Å². The van der Waals surface area contributed by atoms with Crippen LogP contribution < -0.4 is 16.0 Å². The minimum Gasteiger partial charge on any atom is -0.382 e. The third-order valence-electron chi connectivity index (χ3n) is 2.78. The first-order chi connectivity index (χ1) is 11.2. The summed E-state index contributed by atoms with van der Waals surface area (Å²) < 4.78 is 5.29. The third-order valence-corrected chi connectivity index (χ3v) is 3.28. The molecule has 0 aliphatic rings. The van der Waals surface area contributed by atoms with E-state index in [0.29, 0.717) is 29.0 Å². The van der Waals surface area contributed by atoms with E-state index in [9.17, 15) is 0 Å². The predicted molar refractivity (Wildman–Crippen MR) is 113 cm³/mol. The van der Waals surface area contributed by atoms with Gasteiger partial charge in [-0.15, -0.1) is 24.0 Å². The lowest BCUT2D eigenvalue weighted by atomic mass is 10.4. The highest BCUT2D eigenvalue weighted by Crippen LogP contribution is 2.21. The van der Waals surface area contributed by atoms with Crippen LogP contribution in [-0.4, -0.2) is 50.3 Å². The van der Waals surface area contributed by atoms with E-state index in [2.05, 4.69) is 25.9 Å². The molecule has 24 heavy (non-hydrogen) atoms. The van der Waals surface area contributed by atoms with Crippen LogP contribution in [0.2, 0.25) is 10.0 Å². The van der Waals surface area contributed by atoms with Crippen molar-refractivity contribution in [1.82, 2.24) is 15.6 Å². The van der Waals surface area contributed by atoms with Crippen LogP contribution in [0.5, 0.6) is 0 Å². The van der Waals surface area contributed by atoms with E-state index >= 15 is 0 Å². The molecule has 0 unspecified atom stereocenters. The van der Waals surface area contributed by atoms with E-state index < -0.39 is 0 Å². The number of aliphatic imine (C=N–C) groups is 1. The van der Waals surface area contributed by atoms with Gasteiger partial charge in [-0.05, 0) is 26.3 Å². The Morgan fingerprint density at radius 2 is 2.04 bits per heavy atom. The van der Waals surface area contributed by atoms with Gasteiger partial charge in [-0.3, -0.25) is 4.99 Å². The Morgan fingerprint density at radius 3 is 2.71 bits per heavy atom. The van der Waals surface area contributed by atoms with Crippen LogP contribution in [0.3, 0.4) is 0 Å². The molecule has 3 N–H and O–H groups in total. The van der Waals surface area contributed by atoms with Gasteiger partial charge in [-0.2, -0.15) is 0 Å². The predicted octanol–water partition coefficient (Wildman–Crippen LogP) is 3.40.